The third kappa shape index (κ3) is 7.46. The van der Waals surface area contributed by atoms with Crippen molar-refractivity contribution >= 4 is 21.5 Å². The van der Waals surface area contributed by atoms with Gasteiger partial charge in [-0.2, -0.15) is 0 Å². The van der Waals surface area contributed by atoms with Crippen LogP contribution in [-0.4, -0.2) is 0 Å². The molecule has 0 amide bonds. The molecule has 45 heavy (non-hydrogen) atoms. The van der Waals surface area contributed by atoms with Crippen molar-refractivity contribution in [3.8, 4) is 44.5 Å². The van der Waals surface area contributed by atoms with E-state index in [1.807, 2.05) is 0 Å². The molecule has 0 unspecified atom stereocenters. The smallest absolute Gasteiger partial charge is 1.00 e. The molecular weight excluding hydrogens is 667 g/mol. The van der Waals surface area contributed by atoms with Crippen molar-refractivity contribution in [1.29, 1.82) is 0 Å². The van der Waals surface area contributed by atoms with Gasteiger partial charge in [-0.15, -0.1) is 69.1 Å². The zero-order valence-electron chi connectivity index (χ0n) is 24.6. The molecule has 0 nitrogen and oxygen atoms in total. The quantitative estimate of drug-likeness (QED) is 0.205. The molecule has 0 fully saturated rings. The topological polar surface area (TPSA) is 0 Å². The van der Waals surface area contributed by atoms with E-state index in [1.54, 1.807) is 0 Å². The summed E-state index contributed by atoms with van der Waals surface area (Å²) in [6.45, 7) is 0. The van der Waals surface area contributed by atoms with Crippen molar-refractivity contribution in [3.63, 3.8) is 0 Å². The van der Waals surface area contributed by atoms with Gasteiger partial charge in [0.25, 0.3) is 0 Å². The van der Waals surface area contributed by atoms with Gasteiger partial charge in [0.2, 0.25) is 0 Å². The molecular formula is C42H30Cl2Zr. The minimum atomic E-state index is 0. The molecule has 0 aromatic heterocycles. The Balaban J connectivity index is 0.000000192. The fraction of sp³-hybridized carbons (Fsp3) is 0. The maximum absolute atomic E-state index is 2.30. The van der Waals surface area contributed by atoms with Crippen LogP contribution in [0.3, 0.4) is 0 Å². The number of hydrogen-bond acceptors (Lipinski definition) is 0. The van der Waals surface area contributed by atoms with Crippen LogP contribution >= 0.6 is 0 Å². The molecule has 0 aliphatic heterocycles. The van der Waals surface area contributed by atoms with E-state index in [1.165, 1.54) is 66.1 Å². The van der Waals surface area contributed by atoms with Gasteiger partial charge in [0.15, 0.2) is 0 Å². The molecule has 0 saturated carbocycles. The van der Waals surface area contributed by atoms with E-state index in [2.05, 4.69) is 182 Å². The Bertz CT molecular complexity index is 1910. The van der Waals surface area contributed by atoms with Crippen molar-refractivity contribution < 1.29 is 51.0 Å². The SMILES string of the molecule is [Cl-].[Cl-].[Zr+4].c1ccc(-c2cc3c(-c4ccccc4)cccc3[cH-]2)cc1.c1ccc(-c2cc3c(-c4ccccc4)cccc3[cH-]2)cc1. The van der Waals surface area contributed by atoms with Gasteiger partial charge in [-0.3, -0.25) is 0 Å². The predicted molar refractivity (Wildman–Crippen MR) is 181 cm³/mol. The van der Waals surface area contributed by atoms with Crippen LogP contribution in [0.15, 0.2) is 182 Å². The average molecular weight is 697 g/mol. The van der Waals surface area contributed by atoms with E-state index < -0.39 is 0 Å². The maximum atomic E-state index is 2.30. The van der Waals surface area contributed by atoms with Crippen LogP contribution in [0.25, 0.3) is 66.1 Å². The monoisotopic (exact) mass is 694 g/mol. The molecule has 0 saturated heterocycles. The molecule has 0 aliphatic rings. The number of benzene rings is 6. The summed E-state index contributed by atoms with van der Waals surface area (Å²) in [5, 5.41) is 5.25. The second-order valence-electron chi connectivity index (χ2n) is 10.6. The minimum Gasteiger partial charge on any atom is -1.00 e. The molecule has 0 heterocycles. The fourth-order valence-electron chi connectivity index (χ4n) is 5.80. The standard InChI is InChI=1S/2C21H15.2ClH.Zr/c2*1-3-8-16(9-4-1)19-14-18-12-7-13-20(21(18)15-19)17-10-5-2-6-11-17;;;/h2*1-15H;2*1H;/q2*-1;;;+4/p-2. The molecule has 8 aromatic carbocycles. The second-order valence-corrected chi connectivity index (χ2v) is 10.6. The number of hydrogen-bond donors (Lipinski definition) is 0. The third-order valence-electron chi connectivity index (χ3n) is 7.89. The van der Waals surface area contributed by atoms with E-state index in [0.717, 1.165) is 0 Å². The molecule has 0 bridgehead atoms. The molecule has 0 aliphatic carbocycles. The van der Waals surface area contributed by atoms with E-state index in [-0.39, 0.29) is 51.0 Å². The van der Waals surface area contributed by atoms with Crippen LogP contribution < -0.4 is 24.8 Å². The number of rotatable bonds is 4. The summed E-state index contributed by atoms with van der Waals surface area (Å²) in [4.78, 5) is 0. The first-order chi connectivity index (χ1) is 20.8. The van der Waals surface area contributed by atoms with Crippen LogP contribution in [0.1, 0.15) is 0 Å². The molecule has 0 N–H and O–H groups in total. The van der Waals surface area contributed by atoms with Gasteiger partial charge in [0.1, 0.15) is 0 Å². The van der Waals surface area contributed by atoms with Crippen LogP contribution in [0.5, 0.6) is 0 Å². The van der Waals surface area contributed by atoms with Crippen LogP contribution in [0.4, 0.5) is 0 Å². The summed E-state index contributed by atoms with van der Waals surface area (Å²) in [6.07, 6.45) is 0. The maximum Gasteiger partial charge on any atom is 4.00 e. The minimum absolute atomic E-state index is 0. The van der Waals surface area contributed by atoms with E-state index >= 15 is 0 Å². The zero-order chi connectivity index (χ0) is 28.1. The number of halogens is 2. The molecule has 0 atom stereocenters. The second kappa shape index (κ2) is 15.8. The van der Waals surface area contributed by atoms with Crippen molar-refractivity contribution in [2.75, 3.05) is 0 Å². The van der Waals surface area contributed by atoms with Crippen molar-refractivity contribution in [1.82, 2.24) is 0 Å². The van der Waals surface area contributed by atoms with Crippen LogP contribution in [-0.2, 0) is 26.2 Å². The van der Waals surface area contributed by atoms with Gasteiger partial charge in [0, 0.05) is 0 Å². The first-order valence-electron chi connectivity index (χ1n) is 14.4. The van der Waals surface area contributed by atoms with Crippen LogP contribution in [0, 0.1) is 0 Å². The molecule has 216 valence electrons. The molecule has 0 radical (unpaired) electrons. The van der Waals surface area contributed by atoms with Crippen LogP contribution in [0.2, 0.25) is 0 Å². The molecule has 3 heteroatoms. The summed E-state index contributed by atoms with van der Waals surface area (Å²) < 4.78 is 0. The van der Waals surface area contributed by atoms with E-state index in [4.69, 9.17) is 0 Å². The molecule has 8 aromatic rings. The Morgan fingerprint density at radius 1 is 0.311 bits per heavy atom. The Hall–Kier alpha value is -4.00. The molecule has 8 rings (SSSR count). The first-order valence-corrected chi connectivity index (χ1v) is 14.4. The summed E-state index contributed by atoms with van der Waals surface area (Å²) >= 11 is 0. The zero-order valence-corrected chi connectivity index (χ0v) is 28.5. The van der Waals surface area contributed by atoms with E-state index in [9.17, 15) is 0 Å². The van der Waals surface area contributed by atoms with Gasteiger partial charge < -0.3 is 24.8 Å². The first kappa shape index (κ1) is 33.9. The third-order valence-corrected chi connectivity index (χ3v) is 7.89. The average Bonchev–Trinajstić information content (AvgIpc) is 3.72. The van der Waals surface area contributed by atoms with Gasteiger partial charge >= 0.3 is 26.2 Å². The summed E-state index contributed by atoms with van der Waals surface area (Å²) in [5.41, 5.74) is 10.3. The summed E-state index contributed by atoms with van der Waals surface area (Å²) in [7, 11) is 0. The Morgan fingerprint density at radius 2 is 0.622 bits per heavy atom. The van der Waals surface area contributed by atoms with Gasteiger partial charge in [-0.25, -0.2) is 0 Å². The Labute approximate surface area is 297 Å². The Kier molecular flexibility index (Phi) is 11.9. The predicted octanol–water partition coefficient (Wildman–Crippen LogP) is 5.79. The molecule has 0 spiro atoms. The van der Waals surface area contributed by atoms with Crippen molar-refractivity contribution in [2.45, 2.75) is 0 Å². The largest absolute Gasteiger partial charge is 4.00 e. The van der Waals surface area contributed by atoms with Crippen molar-refractivity contribution in [2.24, 2.45) is 0 Å². The summed E-state index contributed by atoms with van der Waals surface area (Å²) in [6, 6.07) is 64.5. The number of fused-ring (bicyclic) bond motifs is 2. The Morgan fingerprint density at radius 3 is 0.956 bits per heavy atom. The van der Waals surface area contributed by atoms with Crippen molar-refractivity contribution in [3.05, 3.63) is 182 Å². The van der Waals surface area contributed by atoms with Gasteiger partial charge in [-0.05, 0) is 11.1 Å². The van der Waals surface area contributed by atoms with Gasteiger partial charge in [-0.1, -0.05) is 168 Å². The fourth-order valence-corrected chi connectivity index (χ4v) is 5.80. The van der Waals surface area contributed by atoms with E-state index in [0.29, 0.717) is 0 Å². The summed E-state index contributed by atoms with van der Waals surface area (Å²) in [5.74, 6) is 0. The van der Waals surface area contributed by atoms with Gasteiger partial charge in [0.05, 0.1) is 0 Å². The normalized spacial score (nSPS) is 10.1.